The molecule has 0 spiro atoms. The van der Waals surface area contributed by atoms with Crippen LogP contribution < -0.4 is 9.47 Å². The fourth-order valence-corrected chi connectivity index (χ4v) is 3.23. The summed E-state index contributed by atoms with van der Waals surface area (Å²) in [4.78, 5) is 27.0. The number of pyridine rings is 1. The highest BCUT2D eigenvalue weighted by Gasteiger charge is 2.35. The maximum Gasteiger partial charge on any atom is 0.407 e. The van der Waals surface area contributed by atoms with Crippen LogP contribution >= 0.6 is 0 Å². The highest BCUT2D eigenvalue weighted by atomic mass is 16.6. The van der Waals surface area contributed by atoms with Crippen LogP contribution in [0.15, 0.2) is 24.3 Å². The lowest BCUT2D eigenvalue weighted by Gasteiger charge is -2.25. The summed E-state index contributed by atoms with van der Waals surface area (Å²) in [6.07, 6.45) is 2.97. The molecule has 0 N–H and O–H groups in total. The number of nitro groups is 1. The van der Waals surface area contributed by atoms with E-state index in [-0.39, 0.29) is 5.75 Å². The fourth-order valence-electron chi connectivity index (χ4n) is 3.23. The lowest BCUT2D eigenvalue weighted by molar-refractivity contribution is -0.390. The molecule has 27 heavy (non-hydrogen) atoms. The van der Waals surface area contributed by atoms with E-state index in [9.17, 15) is 14.9 Å². The molecule has 0 aliphatic heterocycles. The molecule has 0 saturated heterocycles. The third-order valence-electron chi connectivity index (χ3n) is 4.69. The van der Waals surface area contributed by atoms with E-state index in [0.29, 0.717) is 11.4 Å². The first-order valence-electron chi connectivity index (χ1n) is 8.84. The van der Waals surface area contributed by atoms with Crippen LogP contribution in [-0.2, 0) is 17.6 Å². The average Bonchev–Trinajstić information content (AvgIpc) is 3.09. The summed E-state index contributed by atoms with van der Waals surface area (Å²) >= 11 is 0. The Bertz CT molecular complexity index is 921. The van der Waals surface area contributed by atoms with Crippen LogP contribution in [0.2, 0.25) is 0 Å². The number of ether oxygens (including phenoxy) is 2. The second-order valence-corrected chi connectivity index (χ2v) is 7.22. The lowest BCUT2D eigenvalue weighted by atomic mass is 10.0. The molecule has 7 heteroatoms. The summed E-state index contributed by atoms with van der Waals surface area (Å²) in [5.41, 5.74) is 2.77. The Kier molecular flexibility index (Phi) is 4.87. The SMILES string of the molecule is Cc1ccc(OC(=O)C(C)(C)Oc2ccc(C)c3c2CCC3)c([N+](=O)[O-])n1. The first-order valence-corrected chi connectivity index (χ1v) is 8.84. The van der Waals surface area contributed by atoms with Crippen molar-refractivity contribution in [3.05, 3.63) is 56.8 Å². The Morgan fingerprint density at radius 3 is 2.48 bits per heavy atom. The highest BCUT2D eigenvalue weighted by molar-refractivity contribution is 5.82. The van der Waals surface area contributed by atoms with Gasteiger partial charge in [0.15, 0.2) is 0 Å². The number of hydrogen-bond acceptors (Lipinski definition) is 6. The third kappa shape index (κ3) is 3.77. The summed E-state index contributed by atoms with van der Waals surface area (Å²) < 4.78 is 11.3. The van der Waals surface area contributed by atoms with E-state index in [1.807, 2.05) is 12.1 Å². The zero-order valence-corrected chi connectivity index (χ0v) is 15.9. The fraction of sp³-hybridized carbons (Fsp3) is 0.400. The Morgan fingerprint density at radius 1 is 1.11 bits per heavy atom. The van der Waals surface area contributed by atoms with Crippen molar-refractivity contribution in [2.45, 2.75) is 52.6 Å². The van der Waals surface area contributed by atoms with Gasteiger partial charge in [-0.1, -0.05) is 6.07 Å². The molecule has 0 atom stereocenters. The predicted octanol–water partition coefficient (Wildman–Crippen LogP) is 3.86. The van der Waals surface area contributed by atoms with Gasteiger partial charge in [-0.15, -0.1) is 0 Å². The largest absolute Gasteiger partial charge is 0.476 e. The standard InChI is InChI=1S/C20H22N2O5/c1-12-8-10-16(15-7-5-6-14(12)15)27-20(3,4)19(23)26-17-11-9-13(2)21-18(17)22(24)25/h8-11H,5-7H2,1-4H3. The summed E-state index contributed by atoms with van der Waals surface area (Å²) in [6, 6.07) is 6.77. The molecule has 0 unspecified atom stereocenters. The predicted molar refractivity (Wildman–Crippen MR) is 99.2 cm³/mol. The van der Waals surface area contributed by atoms with Crippen LogP contribution in [-0.4, -0.2) is 21.5 Å². The number of hydrogen-bond donors (Lipinski definition) is 0. The number of fused-ring (bicyclic) bond motifs is 1. The van der Waals surface area contributed by atoms with Gasteiger partial charge in [0.2, 0.25) is 11.4 Å². The number of aryl methyl sites for hydroxylation is 2. The zero-order chi connectivity index (χ0) is 19.8. The number of rotatable bonds is 5. The second kappa shape index (κ2) is 6.98. The average molecular weight is 370 g/mol. The Morgan fingerprint density at radius 2 is 1.78 bits per heavy atom. The minimum absolute atomic E-state index is 0.193. The summed E-state index contributed by atoms with van der Waals surface area (Å²) in [5, 5.41) is 11.2. The van der Waals surface area contributed by atoms with Crippen molar-refractivity contribution in [1.29, 1.82) is 0 Å². The van der Waals surface area contributed by atoms with Crippen LogP contribution in [0.1, 0.15) is 42.7 Å². The first-order chi connectivity index (χ1) is 12.7. The molecule has 142 valence electrons. The number of benzene rings is 1. The van der Waals surface area contributed by atoms with Crippen molar-refractivity contribution in [2.75, 3.05) is 0 Å². The topological polar surface area (TPSA) is 91.6 Å². The van der Waals surface area contributed by atoms with E-state index in [1.165, 1.54) is 17.2 Å². The summed E-state index contributed by atoms with van der Waals surface area (Å²) in [6.45, 7) is 6.87. The number of carbonyl (C=O) groups is 1. The third-order valence-corrected chi connectivity index (χ3v) is 4.69. The van der Waals surface area contributed by atoms with Crippen molar-refractivity contribution >= 4 is 11.8 Å². The van der Waals surface area contributed by atoms with Crippen molar-refractivity contribution in [3.8, 4) is 11.5 Å². The van der Waals surface area contributed by atoms with Gasteiger partial charge in [-0.05, 0) is 84.8 Å². The monoisotopic (exact) mass is 370 g/mol. The van der Waals surface area contributed by atoms with Crippen molar-refractivity contribution in [1.82, 2.24) is 4.98 Å². The van der Waals surface area contributed by atoms with E-state index < -0.39 is 22.3 Å². The second-order valence-electron chi connectivity index (χ2n) is 7.22. The van der Waals surface area contributed by atoms with E-state index in [1.54, 1.807) is 26.8 Å². The molecule has 0 amide bonds. The molecule has 1 aromatic carbocycles. The number of aromatic nitrogens is 1. The highest BCUT2D eigenvalue weighted by Crippen LogP contribution is 2.35. The minimum Gasteiger partial charge on any atom is -0.476 e. The molecule has 0 bridgehead atoms. The van der Waals surface area contributed by atoms with Gasteiger partial charge in [0.1, 0.15) is 11.4 Å². The van der Waals surface area contributed by atoms with Crippen molar-refractivity contribution in [2.24, 2.45) is 0 Å². The quantitative estimate of drug-likeness (QED) is 0.451. The van der Waals surface area contributed by atoms with E-state index in [0.717, 1.165) is 24.8 Å². The van der Waals surface area contributed by atoms with Crippen LogP contribution in [0.25, 0.3) is 0 Å². The molecule has 1 aliphatic rings. The van der Waals surface area contributed by atoms with Gasteiger partial charge in [0.25, 0.3) is 0 Å². The minimum atomic E-state index is -1.32. The summed E-state index contributed by atoms with van der Waals surface area (Å²) in [7, 11) is 0. The molecule has 1 heterocycles. The van der Waals surface area contributed by atoms with Gasteiger partial charge in [-0.2, -0.15) is 0 Å². The number of esters is 1. The van der Waals surface area contributed by atoms with Gasteiger partial charge in [-0.25, -0.2) is 4.79 Å². The molecular weight excluding hydrogens is 348 g/mol. The van der Waals surface area contributed by atoms with Gasteiger partial charge in [0, 0.05) is 6.92 Å². The van der Waals surface area contributed by atoms with Gasteiger partial charge < -0.3 is 19.6 Å². The maximum atomic E-state index is 12.7. The first kappa shape index (κ1) is 18.8. The van der Waals surface area contributed by atoms with E-state index >= 15 is 0 Å². The van der Waals surface area contributed by atoms with Gasteiger partial charge >= 0.3 is 11.8 Å². The Balaban J connectivity index is 1.83. The Hall–Kier alpha value is -2.96. The summed E-state index contributed by atoms with van der Waals surface area (Å²) in [5.74, 6) is -0.744. The smallest absolute Gasteiger partial charge is 0.407 e. The van der Waals surface area contributed by atoms with Gasteiger partial charge in [0.05, 0.1) is 0 Å². The molecule has 7 nitrogen and oxygen atoms in total. The van der Waals surface area contributed by atoms with Crippen LogP contribution in [0.4, 0.5) is 5.82 Å². The Labute approximate surface area is 157 Å². The molecule has 3 rings (SSSR count). The normalized spacial score (nSPS) is 13.2. The number of carbonyl (C=O) groups excluding carboxylic acids is 1. The van der Waals surface area contributed by atoms with Crippen LogP contribution in [0, 0.1) is 24.0 Å². The molecular formula is C20H22N2O5. The lowest BCUT2D eigenvalue weighted by Crippen LogP contribution is -2.41. The molecule has 1 aliphatic carbocycles. The zero-order valence-electron chi connectivity index (χ0n) is 15.9. The number of nitrogens with zero attached hydrogens (tertiary/aromatic N) is 2. The molecule has 0 radical (unpaired) electrons. The maximum absolute atomic E-state index is 12.7. The van der Waals surface area contributed by atoms with Crippen molar-refractivity contribution < 1.29 is 19.2 Å². The van der Waals surface area contributed by atoms with Crippen LogP contribution in [0.5, 0.6) is 11.5 Å². The van der Waals surface area contributed by atoms with Gasteiger partial charge in [-0.3, -0.25) is 0 Å². The molecule has 0 fully saturated rings. The van der Waals surface area contributed by atoms with E-state index in [2.05, 4.69) is 11.9 Å². The molecule has 2 aromatic rings. The van der Waals surface area contributed by atoms with Crippen LogP contribution in [0.3, 0.4) is 0 Å². The molecule has 1 aromatic heterocycles. The van der Waals surface area contributed by atoms with E-state index in [4.69, 9.17) is 9.47 Å². The molecule has 0 saturated carbocycles. The van der Waals surface area contributed by atoms with Crippen molar-refractivity contribution in [3.63, 3.8) is 0 Å².